The van der Waals surface area contributed by atoms with Crippen molar-refractivity contribution in [3.63, 3.8) is 0 Å². The van der Waals surface area contributed by atoms with Crippen LogP contribution in [0, 0.1) is 17.8 Å². The van der Waals surface area contributed by atoms with Gasteiger partial charge < -0.3 is 10.6 Å². The van der Waals surface area contributed by atoms with E-state index in [1.54, 1.807) is 0 Å². The maximum atomic E-state index is 12.5. The first-order valence-corrected chi connectivity index (χ1v) is 8.35. The summed E-state index contributed by atoms with van der Waals surface area (Å²) in [7, 11) is 0. The number of hydrogen-bond donors (Lipinski definition) is 2. The Morgan fingerprint density at radius 3 is 2.86 bits per heavy atom. The van der Waals surface area contributed by atoms with Crippen LogP contribution in [0.25, 0.3) is 0 Å². The molecule has 0 aromatic heterocycles. The van der Waals surface area contributed by atoms with E-state index >= 15 is 0 Å². The molecule has 2 bridgehead atoms. The fourth-order valence-electron chi connectivity index (χ4n) is 4.79. The smallest absolute Gasteiger partial charge is 0.243 e. The third kappa shape index (κ3) is 2.33. The highest BCUT2D eigenvalue weighted by atomic mass is 16.2. The molecule has 112 valence electrons. The highest BCUT2D eigenvalue weighted by Gasteiger charge is 2.42. The summed E-state index contributed by atoms with van der Waals surface area (Å²) in [5.74, 6) is 2.67. The highest BCUT2D eigenvalue weighted by Crippen LogP contribution is 2.49. The van der Waals surface area contributed by atoms with Gasteiger partial charge in [0.1, 0.15) is 6.04 Å². The molecule has 4 unspecified atom stereocenters. The van der Waals surface area contributed by atoms with Gasteiger partial charge >= 0.3 is 0 Å². The molecule has 21 heavy (non-hydrogen) atoms. The van der Waals surface area contributed by atoms with Gasteiger partial charge in [0.25, 0.3) is 0 Å². The summed E-state index contributed by atoms with van der Waals surface area (Å²) in [5.41, 5.74) is 2.37. The summed E-state index contributed by atoms with van der Waals surface area (Å²) >= 11 is 0. The Kier molecular flexibility index (Phi) is 3.16. The molecule has 3 heteroatoms. The van der Waals surface area contributed by atoms with E-state index in [-0.39, 0.29) is 11.9 Å². The first-order valence-electron chi connectivity index (χ1n) is 8.35. The van der Waals surface area contributed by atoms with Crippen LogP contribution in [0.4, 0.5) is 5.69 Å². The zero-order valence-corrected chi connectivity index (χ0v) is 12.6. The van der Waals surface area contributed by atoms with Crippen LogP contribution in [0.15, 0.2) is 24.3 Å². The van der Waals surface area contributed by atoms with E-state index in [9.17, 15) is 4.79 Å². The summed E-state index contributed by atoms with van der Waals surface area (Å²) in [6.07, 6.45) is 6.33. The zero-order chi connectivity index (χ0) is 14.4. The van der Waals surface area contributed by atoms with Crippen LogP contribution in [0.3, 0.4) is 0 Å². The van der Waals surface area contributed by atoms with Gasteiger partial charge in [0, 0.05) is 18.2 Å². The topological polar surface area (TPSA) is 41.1 Å². The lowest BCUT2D eigenvalue weighted by atomic mass is 9.84. The lowest BCUT2D eigenvalue weighted by molar-refractivity contribution is -0.122. The van der Waals surface area contributed by atoms with Crippen molar-refractivity contribution in [2.24, 2.45) is 17.8 Å². The van der Waals surface area contributed by atoms with Crippen molar-refractivity contribution in [1.82, 2.24) is 5.32 Å². The van der Waals surface area contributed by atoms with Gasteiger partial charge in [-0.25, -0.2) is 0 Å². The molecule has 2 N–H and O–H groups in total. The predicted molar refractivity (Wildman–Crippen MR) is 84.1 cm³/mol. The van der Waals surface area contributed by atoms with Gasteiger partial charge in [0.15, 0.2) is 0 Å². The van der Waals surface area contributed by atoms with Crippen molar-refractivity contribution < 1.29 is 4.79 Å². The third-order valence-electron chi connectivity index (χ3n) is 5.89. The molecule has 2 saturated carbocycles. The first-order chi connectivity index (χ1) is 10.2. The van der Waals surface area contributed by atoms with Crippen LogP contribution >= 0.6 is 0 Å². The molecule has 0 saturated heterocycles. The summed E-state index contributed by atoms with van der Waals surface area (Å²) in [6.45, 7) is 2.20. The molecule has 1 aliphatic heterocycles. The Morgan fingerprint density at radius 1 is 1.29 bits per heavy atom. The standard InChI is InChI=1S/C18H24N2O/c1-11(15-9-12-6-7-13(15)8-12)19-18(21)17-10-14-4-2-3-5-16(14)20-17/h2-5,11-13,15,17,20H,6-10H2,1H3,(H,19,21)/t11?,12?,13?,15?,17-/m0/s1. The zero-order valence-electron chi connectivity index (χ0n) is 12.6. The normalized spacial score (nSPS) is 34.3. The largest absolute Gasteiger partial charge is 0.373 e. The van der Waals surface area contributed by atoms with Crippen molar-refractivity contribution in [1.29, 1.82) is 0 Å². The lowest BCUT2D eigenvalue weighted by Gasteiger charge is -2.29. The number of carbonyl (C=O) groups excluding carboxylic acids is 1. The van der Waals surface area contributed by atoms with E-state index in [2.05, 4.69) is 29.7 Å². The van der Waals surface area contributed by atoms with Gasteiger partial charge in [-0.05, 0) is 55.6 Å². The Labute approximate surface area is 126 Å². The van der Waals surface area contributed by atoms with Gasteiger partial charge in [0.2, 0.25) is 5.91 Å². The van der Waals surface area contributed by atoms with E-state index < -0.39 is 0 Å². The Morgan fingerprint density at radius 2 is 2.14 bits per heavy atom. The van der Waals surface area contributed by atoms with Crippen LogP contribution in [0.5, 0.6) is 0 Å². The number of fused-ring (bicyclic) bond motifs is 3. The summed E-state index contributed by atoms with van der Waals surface area (Å²) in [5, 5.41) is 6.63. The van der Waals surface area contributed by atoms with Crippen LogP contribution in [-0.2, 0) is 11.2 Å². The third-order valence-corrected chi connectivity index (χ3v) is 5.89. The number of carbonyl (C=O) groups is 1. The van der Waals surface area contributed by atoms with E-state index in [1.165, 1.54) is 31.2 Å². The van der Waals surface area contributed by atoms with Gasteiger partial charge in [-0.15, -0.1) is 0 Å². The maximum absolute atomic E-state index is 12.5. The number of para-hydroxylation sites is 1. The molecule has 2 fully saturated rings. The minimum atomic E-state index is -0.0940. The second kappa shape index (κ2) is 5.04. The molecular weight excluding hydrogens is 260 g/mol. The Hall–Kier alpha value is -1.51. The van der Waals surface area contributed by atoms with Crippen molar-refractivity contribution in [2.45, 2.75) is 51.1 Å². The molecule has 3 aliphatic rings. The molecule has 1 aromatic rings. The molecule has 3 nitrogen and oxygen atoms in total. The van der Waals surface area contributed by atoms with Crippen molar-refractivity contribution in [2.75, 3.05) is 5.32 Å². The average molecular weight is 284 g/mol. The molecule has 0 radical (unpaired) electrons. The number of benzene rings is 1. The van der Waals surface area contributed by atoms with E-state index in [1.807, 2.05) is 12.1 Å². The molecule has 5 atom stereocenters. The van der Waals surface area contributed by atoms with E-state index in [0.29, 0.717) is 12.0 Å². The number of nitrogens with one attached hydrogen (secondary N) is 2. The van der Waals surface area contributed by atoms with Gasteiger partial charge in [0.05, 0.1) is 0 Å². The molecule has 1 amide bonds. The second-order valence-electron chi connectivity index (χ2n) is 7.19. The van der Waals surface area contributed by atoms with Crippen LogP contribution in [0.1, 0.15) is 38.2 Å². The quantitative estimate of drug-likeness (QED) is 0.896. The summed E-state index contributed by atoms with van der Waals surface area (Å²) in [4.78, 5) is 12.5. The average Bonchev–Trinajstić information content (AvgIpc) is 3.21. The molecule has 2 aliphatic carbocycles. The molecule has 1 aromatic carbocycles. The van der Waals surface area contributed by atoms with Crippen molar-refractivity contribution >= 4 is 11.6 Å². The van der Waals surface area contributed by atoms with Crippen molar-refractivity contribution in [3.8, 4) is 0 Å². The number of amides is 1. The fraction of sp³-hybridized carbons (Fsp3) is 0.611. The lowest BCUT2D eigenvalue weighted by Crippen LogP contribution is -2.46. The highest BCUT2D eigenvalue weighted by molar-refractivity contribution is 5.87. The van der Waals surface area contributed by atoms with Gasteiger partial charge in [-0.2, -0.15) is 0 Å². The minimum Gasteiger partial charge on any atom is -0.373 e. The molecule has 0 spiro atoms. The first kappa shape index (κ1) is 13.2. The van der Waals surface area contributed by atoms with Crippen LogP contribution in [0.2, 0.25) is 0 Å². The molecule has 1 heterocycles. The summed E-state index contributed by atoms with van der Waals surface area (Å²) < 4.78 is 0. The molecular formula is C18H24N2O. The monoisotopic (exact) mass is 284 g/mol. The maximum Gasteiger partial charge on any atom is 0.243 e. The Balaban J connectivity index is 1.36. The van der Waals surface area contributed by atoms with Crippen LogP contribution in [-0.4, -0.2) is 18.0 Å². The molecule has 4 rings (SSSR count). The van der Waals surface area contributed by atoms with Gasteiger partial charge in [-0.3, -0.25) is 4.79 Å². The van der Waals surface area contributed by atoms with Gasteiger partial charge in [-0.1, -0.05) is 24.6 Å². The SMILES string of the molecule is CC(NC(=O)[C@@H]1Cc2ccccc2N1)C1CC2CCC1C2. The minimum absolute atomic E-state index is 0.0940. The number of rotatable bonds is 3. The number of hydrogen-bond acceptors (Lipinski definition) is 2. The second-order valence-corrected chi connectivity index (χ2v) is 7.19. The predicted octanol–water partition coefficient (Wildman–Crippen LogP) is 2.96. The van der Waals surface area contributed by atoms with Crippen molar-refractivity contribution in [3.05, 3.63) is 29.8 Å². The number of anilines is 1. The fourth-order valence-corrected chi connectivity index (χ4v) is 4.79. The van der Waals surface area contributed by atoms with Crippen LogP contribution < -0.4 is 10.6 Å². The Bertz CT molecular complexity index is 531. The summed E-state index contributed by atoms with van der Waals surface area (Å²) in [6, 6.07) is 8.45. The van der Waals surface area contributed by atoms with E-state index in [4.69, 9.17) is 0 Å². The van der Waals surface area contributed by atoms with E-state index in [0.717, 1.165) is 23.9 Å².